The molecule has 138 valence electrons. The Kier molecular flexibility index (Phi) is 4.96. The molecule has 0 bridgehead atoms. The Morgan fingerprint density at radius 1 is 1.19 bits per heavy atom. The second kappa shape index (κ2) is 7.54. The molecule has 1 aromatic heterocycles. The smallest absolute Gasteiger partial charge is 0.263 e. The lowest BCUT2D eigenvalue weighted by molar-refractivity contribution is -0.118. The average molecular weight is 402 g/mol. The normalized spacial score (nSPS) is 15.4. The van der Waals surface area contributed by atoms with Gasteiger partial charge in [0.05, 0.1) is 22.9 Å². The largest absolute Gasteiger partial charge is 0.484 e. The molecule has 0 saturated heterocycles. The van der Waals surface area contributed by atoms with Crippen LogP contribution < -0.4 is 10.1 Å². The van der Waals surface area contributed by atoms with Crippen LogP contribution in [-0.4, -0.2) is 26.5 Å². The number of ether oxygens (including phenoxy) is 1. The van der Waals surface area contributed by atoms with Crippen LogP contribution in [0.15, 0.2) is 54.6 Å². The lowest BCUT2D eigenvalue weighted by Crippen LogP contribution is -2.22. The number of amides is 1. The third-order valence-corrected chi connectivity index (χ3v) is 5.53. The molecule has 0 fully saturated rings. The topological polar surface area (TPSA) is 73.2 Å². The third kappa shape index (κ3) is 3.89. The van der Waals surface area contributed by atoms with E-state index in [9.17, 15) is 9.00 Å². The maximum atomic E-state index is 12.4. The number of nitrogens with zero attached hydrogens (tertiary/aromatic N) is 2. The summed E-state index contributed by atoms with van der Waals surface area (Å²) in [6.07, 6.45) is 0. The number of aromatic nitrogens is 2. The Hall–Kier alpha value is -2.64. The molecule has 2 heterocycles. The van der Waals surface area contributed by atoms with E-state index >= 15 is 0 Å². The zero-order chi connectivity index (χ0) is 18.8. The molecule has 0 saturated carbocycles. The lowest BCUT2D eigenvalue weighted by Gasteiger charge is -2.12. The fourth-order valence-electron chi connectivity index (χ4n) is 2.88. The van der Waals surface area contributed by atoms with Gasteiger partial charge < -0.3 is 10.1 Å². The number of carbonyl (C=O) groups excluding carboxylic acids is 1. The van der Waals surface area contributed by atoms with E-state index in [4.69, 9.17) is 16.3 Å². The van der Waals surface area contributed by atoms with Crippen molar-refractivity contribution in [2.24, 2.45) is 0 Å². The molecule has 8 heteroatoms. The van der Waals surface area contributed by atoms with Gasteiger partial charge in [-0.2, -0.15) is 5.10 Å². The highest BCUT2D eigenvalue weighted by Crippen LogP contribution is 2.31. The highest BCUT2D eigenvalue weighted by atomic mass is 35.5. The van der Waals surface area contributed by atoms with Crippen molar-refractivity contribution < 1.29 is 13.7 Å². The SMILES string of the molecule is O=C(COc1ccccc1)Nc1c2c(nn1-c1cccc(Cl)c1)C[S@@](=O)C2. The summed E-state index contributed by atoms with van der Waals surface area (Å²) in [6.45, 7) is -0.136. The summed E-state index contributed by atoms with van der Waals surface area (Å²) in [5.41, 5.74) is 2.25. The summed E-state index contributed by atoms with van der Waals surface area (Å²) < 4.78 is 19.0. The number of halogens is 1. The maximum Gasteiger partial charge on any atom is 0.263 e. The summed E-state index contributed by atoms with van der Waals surface area (Å²) in [5.74, 6) is 1.56. The van der Waals surface area contributed by atoms with Crippen molar-refractivity contribution in [1.29, 1.82) is 0 Å². The molecule has 3 aromatic rings. The first-order valence-corrected chi connectivity index (χ1v) is 10.2. The van der Waals surface area contributed by atoms with E-state index < -0.39 is 10.8 Å². The van der Waals surface area contributed by atoms with Crippen LogP contribution in [0.4, 0.5) is 5.82 Å². The average Bonchev–Trinajstić information content (AvgIpc) is 3.18. The molecule has 27 heavy (non-hydrogen) atoms. The molecule has 0 spiro atoms. The van der Waals surface area contributed by atoms with Gasteiger partial charge in [0.25, 0.3) is 5.91 Å². The standard InChI is InChI=1S/C19H16ClN3O3S/c20-13-5-4-6-14(9-13)23-19(16-11-27(25)12-17(16)22-23)21-18(24)10-26-15-7-2-1-3-8-15/h1-9H,10-12H2,(H,21,24)/t27-/m0/s1. The summed E-state index contributed by atoms with van der Waals surface area (Å²) >= 11 is 6.09. The van der Waals surface area contributed by atoms with Crippen molar-refractivity contribution in [3.8, 4) is 11.4 Å². The summed E-state index contributed by atoms with van der Waals surface area (Å²) in [7, 11) is -1.00. The number of fused-ring (bicyclic) bond motifs is 1. The van der Waals surface area contributed by atoms with E-state index in [0.717, 1.165) is 16.9 Å². The molecule has 4 rings (SSSR count). The summed E-state index contributed by atoms with van der Waals surface area (Å²) in [6, 6.07) is 16.3. The van der Waals surface area contributed by atoms with E-state index in [1.165, 1.54) is 0 Å². The predicted octanol–water partition coefficient (Wildman–Crippen LogP) is 3.31. The number of anilines is 1. The van der Waals surface area contributed by atoms with Gasteiger partial charge in [0, 0.05) is 21.4 Å². The highest BCUT2D eigenvalue weighted by Gasteiger charge is 2.28. The number of hydrogen-bond donors (Lipinski definition) is 1. The minimum atomic E-state index is -1.00. The predicted molar refractivity (Wildman–Crippen MR) is 105 cm³/mol. The second-order valence-electron chi connectivity index (χ2n) is 6.04. The zero-order valence-corrected chi connectivity index (χ0v) is 15.8. The molecule has 1 N–H and O–H groups in total. The molecule has 1 atom stereocenters. The van der Waals surface area contributed by atoms with E-state index in [1.807, 2.05) is 30.3 Å². The number of nitrogens with one attached hydrogen (secondary N) is 1. The van der Waals surface area contributed by atoms with Gasteiger partial charge >= 0.3 is 0 Å². The lowest BCUT2D eigenvalue weighted by atomic mass is 10.2. The summed E-state index contributed by atoms with van der Waals surface area (Å²) in [4.78, 5) is 12.4. The summed E-state index contributed by atoms with van der Waals surface area (Å²) in [5, 5.41) is 7.96. The minimum absolute atomic E-state index is 0.136. The number of benzene rings is 2. The van der Waals surface area contributed by atoms with Gasteiger partial charge in [0.1, 0.15) is 11.6 Å². The van der Waals surface area contributed by atoms with Gasteiger partial charge in [0.2, 0.25) is 0 Å². The Morgan fingerprint density at radius 3 is 2.78 bits per heavy atom. The fourth-order valence-corrected chi connectivity index (χ4v) is 4.33. The van der Waals surface area contributed by atoms with Crippen LogP contribution in [0, 0.1) is 0 Å². The Labute approximate surface area is 163 Å². The van der Waals surface area contributed by atoms with Crippen molar-refractivity contribution in [2.75, 3.05) is 11.9 Å². The molecule has 1 aliphatic rings. The molecular weight excluding hydrogens is 386 g/mol. The van der Waals surface area contributed by atoms with Crippen LogP contribution >= 0.6 is 11.6 Å². The van der Waals surface area contributed by atoms with E-state index in [2.05, 4.69) is 10.4 Å². The van der Waals surface area contributed by atoms with Crippen LogP contribution in [0.2, 0.25) is 5.02 Å². The Bertz CT molecular complexity index is 1020. The monoisotopic (exact) mass is 401 g/mol. The molecule has 1 aliphatic heterocycles. The first-order valence-electron chi connectivity index (χ1n) is 8.29. The first-order chi connectivity index (χ1) is 13.1. The van der Waals surface area contributed by atoms with E-state index in [-0.39, 0.29) is 12.5 Å². The second-order valence-corrected chi connectivity index (χ2v) is 7.94. The minimum Gasteiger partial charge on any atom is -0.484 e. The van der Waals surface area contributed by atoms with Crippen LogP contribution in [-0.2, 0) is 27.1 Å². The van der Waals surface area contributed by atoms with Crippen molar-refractivity contribution >= 4 is 34.1 Å². The quantitative estimate of drug-likeness (QED) is 0.711. The van der Waals surface area contributed by atoms with Gasteiger partial charge in [-0.15, -0.1) is 0 Å². The van der Waals surface area contributed by atoms with Crippen molar-refractivity contribution in [2.45, 2.75) is 11.5 Å². The third-order valence-electron chi connectivity index (χ3n) is 4.09. The van der Waals surface area contributed by atoms with Crippen molar-refractivity contribution in [1.82, 2.24) is 9.78 Å². The van der Waals surface area contributed by atoms with Crippen molar-refractivity contribution in [3.63, 3.8) is 0 Å². The van der Waals surface area contributed by atoms with E-state index in [0.29, 0.717) is 28.1 Å². The maximum absolute atomic E-state index is 12.4. The molecule has 1 amide bonds. The van der Waals surface area contributed by atoms with Crippen LogP contribution in [0.5, 0.6) is 5.75 Å². The molecular formula is C19H16ClN3O3S. The molecule has 0 aliphatic carbocycles. The molecule has 2 aromatic carbocycles. The molecule has 0 radical (unpaired) electrons. The Morgan fingerprint density at radius 2 is 2.00 bits per heavy atom. The van der Waals surface area contributed by atoms with E-state index in [1.54, 1.807) is 28.9 Å². The van der Waals surface area contributed by atoms with Gasteiger partial charge in [-0.25, -0.2) is 4.68 Å². The number of carbonyl (C=O) groups is 1. The van der Waals surface area contributed by atoms with Crippen LogP contribution in [0.3, 0.4) is 0 Å². The number of rotatable bonds is 5. The van der Waals surface area contributed by atoms with Crippen molar-refractivity contribution in [3.05, 3.63) is 70.9 Å². The number of para-hydroxylation sites is 1. The van der Waals surface area contributed by atoms with Crippen LogP contribution in [0.25, 0.3) is 5.69 Å². The van der Waals surface area contributed by atoms with Crippen LogP contribution in [0.1, 0.15) is 11.3 Å². The van der Waals surface area contributed by atoms with Gasteiger partial charge in [0.15, 0.2) is 6.61 Å². The molecule has 0 unspecified atom stereocenters. The van der Waals surface area contributed by atoms with Gasteiger partial charge in [-0.3, -0.25) is 9.00 Å². The van der Waals surface area contributed by atoms with Gasteiger partial charge in [-0.1, -0.05) is 35.9 Å². The molecule has 6 nitrogen and oxygen atoms in total. The first kappa shape index (κ1) is 17.8. The fraction of sp³-hybridized carbons (Fsp3) is 0.158. The van der Waals surface area contributed by atoms with Gasteiger partial charge in [-0.05, 0) is 30.3 Å². The number of hydrogen-bond acceptors (Lipinski definition) is 4. The highest BCUT2D eigenvalue weighted by molar-refractivity contribution is 7.83. The zero-order valence-electron chi connectivity index (χ0n) is 14.2. The Balaban J connectivity index is 1.59.